The highest BCUT2D eigenvalue weighted by Crippen LogP contribution is 2.23. The Hall–Kier alpha value is -2.50. The summed E-state index contributed by atoms with van der Waals surface area (Å²) in [5.41, 5.74) is 6.29. The van der Waals surface area contributed by atoms with E-state index in [0.717, 1.165) is 5.76 Å². The summed E-state index contributed by atoms with van der Waals surface area (Å²) >= 11 is 0. The fourth-order valence-electron chi connectivity index (χ4n) is 1.78. The summed E-state index contributed by atoms with van der Waals surface area (Å²) in [7, 11) is 0. The van der Waals surface area contributed by atoms with Crippen LogP contribution in [0.5, 0.6) is 0 Å². The normalized spacial score (nSPS) is 10.4. The minimum absolute atomic E-state index is 0.0790. The fourth-order valence-corrected chi connectivity index (χ4v) is 1.78. The summed E-state index contributed by atoms with van der Waals surface area (Å²) in [4.78, 5) is 16.9. The Morgan fingerprint density at radius 2 is 2.37 bits per heavy atom. The predicted octanol–water partition coefficient (Wildman–Crippen LogP) is 1.98. The minimum atomic E-state index is -1.04. The van der Waals surface area contributed by atoms with E-state index in [2.05, 4.69) is 4.98 Å². The van der Waals surface area contributed by atoms with E-state index in [1.807, 2.05) is 24.0 Å². The van der Waals surface area contributed by atoms with Crippen LogP contribution < -0.4 is 10.6 Å². The molecule has 2 aromatic rings. The zero-order chi connectivity index (χ0) is 13.8. The SMILES string of the molecule is CCN(Cc1ccco1)c1ncc(C(=O)O)cc1N. The van der Waals surface area contributed by atoms with Gasteiger partial charge in [-0.3, -0.25) is 0 Å². The molecule has 2 aromatic heterocycles. The molecule has 6 heteroatoms. The molecule has 6 nitrogen and oxygen atoms in total. The van der Waals surface area contributed by atoms with Gasteiger partial charge in [-0.15, -0.1) is 0 Å². The van der Waals surface area contributed by atoms with Crippen molar-refractivity contribution in [2.75, 3.05) is 17.2 Å². The number of nitrogens with zero attached hydrogens (tertiary/aromatic N) is 2. The van der Waals surface area contributed by atoms with Gasteiger partial charge in [0.05, 0.1) is 24.1 Å². The molecule has 3 N–H and O–H groups in total. The van der Waals surface area contributed by atoms with E-state index in [0.29, 0.717) is 24.6 Å². The first-order valence-corrected chi connectivity index (χ1v) is 5.88. The molecular weight excluding hydrogens is 246 g/mol. The number of aromatic carboxylic acids is 1. The van der Waals surface area contributed by atoms with Gasteiger partial charge in [0, 0.05) is 12.7 Å². The van der Waals surface area contributed by atoms with Crippen LogP contribution in [-0.4, -0.2) is 22.6 Å². The number of nitrogens with two attached hydrogens (primary N) is 1. The molecule has 0 aliphatic carbocycles. The summed E-state index contributed by atoms with van der Waals surface area (Å²) in [6.07, 6.45) is 2.91. The topological polar surface area (TPSA) is 92.6 Å². The van der Waals surface area contributed by atoms with E-state index in [9.17, 15) is 4.79 Å². The van der Waals surface area contributed by atoms with Crippen LogP contribution in [0.25, 0.3) is 0 Å². The molecule has 0 atom stereocenters. The number of hydrogen-bond acceptors (Lipinski definition) is 5. The molecule has 100 valence electrons. The average molecular weight is 261 g/mol. The summed E-state index contributed by atoms with van der Waals surface area (Å²) in [6, 6.07) is 5.09. The lowest BCUT2D eigenvalue weighted by molar-refractivity contribution is 0.0696. The van der Waals surface area contributed by atoms with Crippen molar-refractivity contribution < 1.29 is 14.3 Å². The maximum atomic E-state index is 10.8. The molecule has 0 aromatic carbocycles. The van der Waals surface area contributed by atoms with Gasteiger partial charge < -0.3 is 20.2 Å². The highest BCUT2D eigenvalue weighted by Gasteiger charge is 2.14. The van der Waals surface area contributed by atoms with Crippen molar-refractivity contribution in [3.05, 3.63) is 42.0 Å². The molecular formula is C13H15N3O3. The first-order chi connectivity index (χ1) is 9.11. The number of furan rings is 1. The van der Waals surface area contributed by atoms with Crippen molar-refractivity contribution in [1.82, 2.24) is 4.98 Å². The average Bonchev–Trinajstić information content (AvgIpc) is 2.89. The standard InChI is InChI=1S/C13H15N3O3/c1-2-16(8-10-4-3-5-19-10)12-11(14)6-9(7-15-12)13(17)18/h3-7H,2,8,14H2,1H3,(H,17,18). The van der Waals surface area contributed by atoms with Crippen LogP contribution in [0.2, 0.25) is 0 Å². The number of rotatable bonds is 5. The Bertz CT molecular complexity index is 567. The minimum Gasteiger partial charge on any atom is -0.478 e. The van der Waals surface area contributed by atoms with Gasteiger partial charge in [-0.2, -0.15) is 0 Å². The van der Waals surface area contributed by atoms with Crippen molar-refractivity contribution in [2.45, 2.75) is 13.5 Å². The highest BCUT2D eigenvalue weighted by atomic mass is 16.4. The number of aromatic nitrogens is 1. The first kappa shape index (κ1) is 12.9. The van der Waals surface area contributed by atoms with Crippen molar-refractivity contribution in [2.24, 2.45) is 0 Å². The summed E-state index contributed by atoms with van der Waals surface area (Å²) in [6.45, 7) is 3.19. The number of carboxylic acids is 1. The van der Waals surface area contributed by atoms with Gasteiger partial charge in [-0.1, -0.05) is 0 Å². The molecule has 0 saturated carbocycles. The van der Waals surface area contributed by atoms with Crippen LogP contribution in [0.3, 0.4) is 0 Å². The van der Waals surface area contributed by atoms with Crippen LogP contribution in [0, 0.1) is 0 Å². The van der Waals surface area contributed by atoms with Gasteiger partial charge in [-0.05, 0) is 25.1 Å². The van der Waals surface area contributed by atoms with Gasteiger partial charge in [0.1, 0.15) is 5.76 Å². The summed E-state index contributed by atoms with van der Waals surface area (Å²) in [5.74, 6) is 0.314. The number of anilines is 2. The number of nitrogen functional groups attached to an aromatic ring is 1. The van der Waals surface area contributed by atoms with Crippen LogP contribution in [0.1, 0.15) is 23.0 Å². The molecule has 0 radical (unpaired) electrons. The maximum Gasteiger partial charge on any atom is 0.337 e. The second-order valence-electron chi connectivity index (χ2n) is 4.04. The largest absolute Gasteiger partial charge is 0.478 e. The number of carboxylic acid groups (broad SMARTS) is 1. The lowest BCUT2D eigenvalue weighted by atomic mass is 10.2. The fraction of sp³-hybridized carbons (Fsp3) is 0.231. The van der Waals surface area contributed by atoms with E-state index in [-0.39, 0.29) is 5.56 Å². The second kappa shape index (κ2) is 5.43. The molecule has 0 bridgehead atoms. The van der Waals surface area contributed by atoms with E-state index in [4.69, 9.17) is 15.3 Å². The zero-order valence-electron chi connectivity index (χ0n) is 10.5. The molecule has 2 rings (SSSR count). The van der Waals surface area contributed by atoms with E-state index in [1.165, 1.54) is 12.3 Å². The monoisotopic (exact) mass is 261 g/mol. The van der Waals surface area contributed by atoms with Crippen LogP contribution in [-0.2, 0) is 6.54 Å². The van der Waals surface area contributed by atoms with Crippen molar-refractivity contribution >= 4 is 17.5 Å². The van der Waals surface area contributed by atoms with Crippen molar-refractivity contribution in [3.8, 4) is 0 Å². The smallest absolute Gasteiger partial charge is 0.337 e. The van der Waals surface area contributed by atoms with E-state index >= 15 is 0 Å². The van der Waals surface area contributed by atoms with Gasteiger partial charge in [-0.25, -0.2) is 9.78 Å². The Morgan fingerprint density at radius 1 is 1.58 bits per heavy atom. The molecule has 0 aliphatic rings. The summed E-state index contributed by atoms with van der Waals surface area (Å²) in [5, 5.41) is 8.88. The van der Waals surface area contributed by atoms with Crippen LogP contribution >= 0.6 is 0 Å². The second-order valence-corrected chi connectivity index (χ2v) is 4.04. The Labute approximate surface area is 110 Å². The van der Waals surface area contributed by atoms with Crippen LogP contribution in [0.4, 0.5) is 11.5 Å². The van der Waals surface area contributed by atoms with Crippen molar-refractivity contribution in [1.29, 1.82) is 0 Å². The van der Waals surface area contributed by atoms with Gasteiger partial charge in [0.15, 0.2) is 5.82 Å². The Kier molecular flexibility index (Phi) is 3.70. The number of hydrogen-bond donors (Lipinski definition) is 2. The molecule has 0 aliphatic heterocycles. The molecule has 0 amide bonds. The van der Waals surface area contributed by atoms with E-state index < -0.39 is 5.97 Å². The molecule has 0 fully saturated rings. The Balaban J connectivity index is 2.25. The lowest BCUT2D eigenvalue weighted by Gasteiger charge is -2.22. The predicted molar refractivity (Wildman–Crippen MR) is 71.0 cm³/mol. The van der Waals surface area contributed by atoms with Gasteiger partial charge in [0.25, 0.3) is 0 Å². The van der Waals surface area contributed by atoms with Crippen molar-refractivity contribution in [3.63, 3.8) is 0 Å². The molecule has 19 heavy (non-hydrogen) atoms. The maximum absolute atomic E-state index is 10.8. The molecule has 2 heterocycles. The number of pyridine rings is 1. The molecule has 0 spiro atoms. The van der Waals surface area contributed by atoms with Crippen LogP contribution in [0.15, 0.2) is 35.1 Å². The molecule has 0 unspecified atom stereocenters. The third-order valence-corrected chi connectivity index (χ3v) is 2.75. The lowest BCUT2D eigenvalue weighted by Crippen LogP contribution is -2.24. The quantitative estimate of drug-likeness (QED) is 0.854. The zero-order valence-corrected chi connectivity index (χ0v) is 10.5. The summed E-state index contributed by atoms with van der Waals surface area (Å²) < 4.78 is 5.28. The third kappa shape index (κ3) is 2.85. The van der Waals surface area contributed by atoms with E-state index in [1.54, 1.807) is 6.26 Å². The van der Waals surface area contributed by atoms with Gasteiger partial charge in [0.2, 0.25) is 0 Å². The third-order valence-electron chi connectivity index (χ3n) is 2.75. The highest BCUT2D eigenvalue weighted by molar-refractivity contribution is 5.89. The first-order valence-electron chi connectivity index (χ1n) is 5.88. The Morgan fingerprint density at radius 3 is 2.89 bits per heavy atom. The number of carbonyl (C=O) groups is 1. The molecule has 0 saturated heterocycles. The van der Waals surface area contributed by atoms with Gasteiger partial charge >= 0.3 is 5.97 Å².